The molecule has 1 aliphatic rings. The van der Waals surface area contributed by atoms with Gasteiger partial charge in [-0.2, -0.15) is 0 Å². The summed E-state index contributed by atoms with van der Waals surface area (Å²) in [5, 5.41) is 12.6. The Labute approximate surface area is 156 Å². The topological polar surface area (TPSA) is 111 Å². The Morgan fingerprint density at radius 2 is 1.93 bits per heavy atom. The SMILES string of the molecule is COC(=O)[C@@H](C)OC(=O)C1=CC=CC(O)C1NC(=O)OCc1ccccc1. The molecule has 8 heteroatoms. The van der Waals surface area contributed by atoms with Gasteiger partial charge in [-0.05, 0) is 18.6 Å². The van der Waals surface area contributed by atoms with Gasteiger partial charge in [-0.3, -0.25) is 0 Å². The minimum absolute atomic E-state index is 0.0163. The number of benzene rings is 1. The lowest BCUT2D eigenvalue weighted by Gasteiger charge is -2.26. The van der Waals surface area contributed by atoms with Crippen LogP contribution >= 0.6 is 0 Å². The molecule has 27 heavy (non-hydrogen) atoms. The minimum Gasteiger partial charge on any atom is -0.466 e. The molecule has 2 rings (SSSR count). The second-order valence-electron chi connectivity index (χ2n) is 5.75. The fourth-order valence-electron chi connectivity index (χ4n) is 2.36. The predicted octanol–water partition coefficient (Wildman–Crippen LogP) is 1.24. The molecule has 1 aliphatic carbocycles. The van der Waals surface area contributed by atoms with Gasteiger partial charge in [0.2, 0.25) is 0 Å². The van der Waals surface area contributed by atoms with Crippen LogP contribution < -0.4 is 5.32 Å². The number of esters is 2. The van der Waals surface area contributed by atoms with Crippen molar-refractivity contribution in [1.29, 1.82) is 0 Å². The average Bonchev–Trinajstić information content (AvgIpc) is 2.67. The number of allylic oxidation sites excluding steroid dienone is 2. The first kappa shape index (κ1) is 20.2. The normalized spacial score (nSPS) is 19.4. The number of alkyl carbamates (subject to hydrolysis) is 1. The summed E-state index contributed by atoms with van der Waals surface area (Å²) >= 11 is 0. The molecule has 1 aromatic rings. The molecule has 0 heterocycles. The molecular formula is C19H21NO7. The molecule has 2 unspecified atom stereocenters. The Balaban J connectivity index is 1.99. The van der Waals surface area contributed by atoms with E-state index >= 15 is 0 Å². The van der Waals surface area contributed by atoms with E-state index in [-0.39, 0.29) is 12.2 Å². The Morgan fingerprint density at radius 1 is 1.22 bits per heavy atom. The molecule has 2 N–H and O–H groups in total. The molecule has 1 amide bonds. The predicted molar refractivity (Wildman–Crippen MR) is 94.4 cm³/mol. The lowest BCUT2D eigenvalue weighted by molar-refractivity contribution is -0.162. The first-order valence-electron chi connectivity index (χ1n) is 8.25. The highest BCUT2D eigenvalue weighted by atomic mass is 16.6. The van der Waals surface area contributed by atoms with Gasteiger partial charge in [0.05, 0.1) is 24.8 Å². The fourth-order valence-corrected chi connectivity index (χ4v) is 2.36. The van der Waals surface area contributed by atoms with Crippen molar-refractivity contribution in [3.8, 4) is 0 Å². The van der Waals surface area contributed by atoms with E-state index in [0.717, 1.165) is 5.56 Å². The second kappa shape index (κ2) is 9.54. The molecule has 0 aliphatic heterocycles. The Bertz CT molecular complexity index is 742. The van der Waals surface area contributed by atoms with Crippen LogP contribution in [0.25, 0.3) is 0 Å². The van der Waals surface area contributed by atoms with E-state index in [2.05, 4.69) is 10.1 Å². The van der Waals surface area contributed by atoms with Crippen molar-refractivity contribution in [3.63, 3.8) is 0 Å². The average molecular weight is 375 g/mol. The molecule has 0 aromatic heterocycles. The maximum atomic E-state index is 12.3. The van der Waals surface area contributed by atoms with Crippen LogP contribution in [0.4, 0.5) is 4.79 Å². The van der Waals surface area contributed by atoms with Gasteiger partial charge in [0.25, 0.3) is 0 Å². The summed E-state index contributed by atoms with van der Waals surface area (Å²) in [5.74, 6) is -1.58. The molecule has 0 spiro atoms. The van der Waals surface area contributed by atoms with Crippen LogP contribution in [-0.2, 0) is 30.4 Å². The molecule has 8 nitrogen and oxygen atoms in total. The van der Waals surface area contributed by atoms with Crippen molar-refractivity contribution in [3.05, 3.63) is 59.7 Å². The number of hydrogen-bond acceptors (Lipinski definition) is 7. The summed E-state index contributed by atoms with van der Waals surface area (Å²) < 4.78 is 14.6. The van der Waals surface area contributed by atoms with Crippen LogP contribution in [0.1, 0.15) is 12.5 Å². The first-order valence-corrected chi connectivity index (χ1v) is 8.25. The van der Waals surface area contributed by atoms with Crippen LogP contribution in [0.2, 0.25) is 0 Å². The largest absolute Gasteiger partial charge is 0.466 e. The van der Waals surface area contributed by atoms with Crippen molar-refractivity contribution in [2.75, 3.05) is 7.11 Å². The van der Waals surface area contributed by atoms with Gasteiger partial charge in [0.1, 0.15) is 6.61 Å². The standard InChI is InChI=1S/C19H21NO7/c1-12(17(22)25-2)27-18(23)14-9-6-10-15(21)16(14)20-19(24)26-11-13-7-4-3-5-8-13/h3-10,12,15-16,21H,11H2,1-2H3,(H,20,24)/t12-,15?,16?/m1/s1. The summed E-state index contributed by atoms with van der Waals surface area (Å²) in [5.41, 5.74) is 0.774. The number of carbonyl (C=O) groups is 3. The van der Waals surface area contributed by atoms with E-state index in [1.165, 1.54) is 32.3 Å². The lowest BCUT2D eigenvalue weighted by atomic mass is 9.96. The zero-order chi connectivity index (χ0) is 19.8. The summed E-state index contributed by atoms with van der Waals surface area (Å²) in [6.45, 7) is 1.39. The molecule has 0 fully saturated rings. The number of ether oxygens (including phenoxy) is 3. The summed E-state index contributed by atoms with van der Waals surface area (Å²) in [6, 6.07) is 7.98. The van der Waals surface area contributed by atoms with E-state index in [9.17, 15) is 19.5 Å². The Morgan fingerprint density at radius 3 is 2.59 bits per heavy atom. The van der Waals surface area contributed by atoms with E-state index < -0.39 is 36.3 Å². The molecule has 0 radical (unpaired) electrons. The zero-order valence-electron chi connectivity index (χ0n) is 15.0. The van der Waals surface area contributed by atoms with Crippen molar-refractivity contribution in [2.24, 2.45) is 0 Å². The number of carbonyl (C=O) groups excluding carboxylic acids is 3. The first-order chi connectivity index (χ1) is 12.9. The number of rotatable bonds is 6. The summed E-state index contributed by atoms with van der Waals surface area (Å²) in [7, 11) is 1.17. The van der Waals surface area contributed by atoms with E-state index in [1.807, 2.05) is 18.2 Å². The highest BCUT2D eigenvalue weighted by molar-refractivity contribution is 5.93. The van der Waals surface area contributed by atoms with Gasteiger partial charge in [0.15, 0.2) is 6.10 Å². The maximum Gasteiger partial charge on any atom is 0.408 e. The molecule has 0 saturated carbocycles. The quantitative estimate of drug-likeness (QED) is 0.568. The van der Waals surface area contributed by atoms with Gasteiger partial charge in [-0.1, -0.05) is 42.5 Å². The van der Waals surface area contributed by atoms with Crippen LogP contribution in [0.3, 0.4) is 0 Å². The van der Waals surface area contributed by atoms with Crippen LogP contribution in [-0.4, -0.2) is 48.5 Å². The van der Waals surface area contributed by atoms with E-state index in [1.54, 1.807) is 12.1 Å². The van der Waals surface area contributed by atoms with Crippen LogP contribution in [0.5, 0.6) is 0 Å². The van der Waals surface area contributed by atoms with Crippen molar-refractivity contribution in [2.45, 2.75) is 31.8 Å². The molecule has 1 aromatic carbocycles. The third-order valence-corrected chi connectivity index (χ3v) is 3.80. The van der Waals surface area contributed by atoms with Gasteiger partial charge < -0.3 is 24.6 Å². The lowest BCUT2D eigenvalue weighted by Crippen LogP contribution is -2.47. The third-order valence-electron chi connectivity index (χ3n) is 3.80. The van der Waals surface area contributed by atoms with Gasteiger partial charge in [-0.25, -0.2) is 14.4 Å². The Kier molecular flexibility index (Phi) is 7.13. The number of methoxy groups -OCH3 is 1. The number of hydrogen-bond donors (Lipinski definition) is 2. The van der Waals surface area contributed by atoms with Crippen molar-refractivity contribution >= 4 is 18.0 Å². The number of aliphatic hydroxyl groups excluding tert-OH is 1. The number of aliphatic hydroxyl groups is 1. The molecule has 144 valence electrons. The third kappa shape index (κ3) is 5.68. The zero-order valence-corrected chi connectivity index (χ0v) is 15.0. The number of nitrogens with one attached hydrogen (secondary N) is 1. The smallest absolute Gasteiger partial charge is 0.408 e. The minimum atomic E-state index is -1.16. The molecule has 0 bridgehead atoms. The summed E-state index contributed by atoms with van der Waals surface area (Å²) in [4.78, 5) is 35.8. The van der Waals surface area contributed by atoms with Crippen molar-refractivity contribution < 1.29 is 33.7 Å². The van der Waals surface area contributed by atoms with E-state index in [4.69, 9.17) is 9.47 Å². The molecule has 3 atom stereocenters. The monoisotopic (exact) mass is 375 g/mol. The molecule has 0 saturated heterocycles. The van der Waals surface area contributed by atoms with Crippen LogP contribution in [0.15, 0.2) is 54.1 Å². The second-order valence-corrected chi connectivity index (χ2v) is 5.75. The highest BCUT2D eigenvalue weighted by Crippen LogP contribution is 2.17. The highest BCUT2D eigenvalue weighted by Gasteiger charge is 2.32. The molecular weight excluding hydrogens is 354 g/mol. The van der Waals surface area contributed by atoms with Gasteiger partial charge >= 0.3 is 18.0 Å². The van der Waals surface area contributed by atoms with E-state index in [0.29, 0.717) is 0 Å². The summed E-state index contributed by atoms with van der Waals surface area (Å²) in [6.07, 6.45) is 1.16. The number of amides is 1. The van der Waals surface area contributed by atoms with Crippen LogP contribution in [0, 0.1) is 0 Å². The maximum absolute atomic E-state index is 12.3. The van der Waals surface area contributed by atoms with Crippen molar-refractivity contribution in [1.82, 2.24) is 5.32 Å². The Hall–Kier alpha value is -3.13. The van der Waals surface area contributed by atoms with Gasteiger partial charge in [0, 0.05) is 0 Å². The van der Waals surface area contributed by atoms with Gasteiger partial charge in [-0.15, -0.1) is 0 Å². The fraction of sp³-hybridized carbons (Fsp3) is 0.316.